The summed E-state index contributed by atoms with van der Waals surface area (Å²) < 4.78 is 5.67. The summed E-state index contributed by atoms with van der Waals surface area (Å²) in [6, 6.07) is 8.47. The van der Waals surface area contributed by atoms with Crippen LogP contribution in [0.25, 0.3) is 0 Å². The van der Waals surface area contributed by atoms with Crippen molar-refractivity contribution >= 4 is 23.2 Å². The van der Waals surface area contributed by atoms with Crippen LogP contribution >= 0.6 is 0 Å². The molecule has 9 heteroatoms. The Morgan fingerprint density at radius 3 is 2.85 bits per heavy atom. The smallest absolute Gasteiger partial charge is 0.320 e. The maximum atomic E-state index is 12.3. The van der Waals surface area contributed by atoms with Crippen LogP contribution in [0.3, 0.4) is 0 Å². The maximum Gasteiger partial charge on any atom is 0.320 e. The molecule has 0 saturated heterocycles. The summed E-state index contributed by atoms with van der Waals surface area (Å²) in [6.45, 7) is 6.69. The first kappa shape index (κ1) is 23.3. The Labute approximate surface area is 195 Å². The van der Waals surface area contributed by atoms with Gasteiger partial charge in [-0.3, -0.25) is 9.69 Å². The zero-order chi connectivity index (χ0) is 23.4. The van der Waals surface area contributed by atoms with Crippen molar-refractivity contribution in [3.8, 4) is 6.01 Å². The summed E-state index contributed by atoms with van der Waals surface area (Å²) in [5.74, 6) is 1.31. The molecule has 4 N–H and O–H groups in total. The molecule has 178 valence electrons. The van der Waals surface area contributed by atoms with Gasteiger partial charge in [-0.2, -0.15) is 9.97 Å². The number of nitrogens with one attached hydrogen (secondary N) is 1. The Kier molecular flexibility index (Phi) is 7.29. The SMILES string of the molecule is CCCCOc1nc(N)c2c(n1)N(Cc1cccc(CN(CC3CC3)C(C)O)c1)CC(=O)N2. The van der Waals surface area contributed by atoms with Crippen LogP contribution in [0.15, 0.2) is 24.3 Å². The summed E-state index contributed by atoms with van der Waals surface area (Å²) >= 11 is 0. The second kappa shape index (κ2) is 10.4. The van der Waals surface area contributed by atoms with Gasteiger partial charge in [-0.05, 0) is 43.2 Å². The van der Waals surface area contributed by atoms with E-state index in [1.165, 1.54) is 12.8 Å². The summed E-state index contributed by atoms with van der Waals surface area (Å²) in [5.41, 5.74) is 8.72. The first-order chi connectivity index (χ1) is 15.9. The number of carbonyl (C=O) groups excluding carboxylic acids is 1. The number of rotatable bonds is 11. The van der Waals surface area contributed by atoms with Crippen LogP contribution in [0.2, 0.25) is 0 Å². The number of ether oxygens (including phenoxy) is 1. The van der Waals surface area contributed by atoms with Gasteiger partial charge in [0, 0.05) is 19.6 Å². The summed E-state index contributed by atoms with van der Waals surface area (Å²) in [4.78, 5) is 25.1. The number of carbonyl (C=O) groups is 1. The lowest BCUT2D eigenvalue weighted by Gasteiger charge is -2.30. The Bertz CT molecular complexity index is 979. The highest BCUT2D eigenvalue weighted by Gasteiger charge is 2.28. The standard InChI is InChI=1S/C24H34N6O3/c1-3-4-10-33-24-27-22(25)21-23(28-24)30(15-20(32)26-21)14-19-7-5-6-18(11-19)13-29(16(2)31)12-17-8-9-17/h5-7,11,16-17,31H,3-4,8-10,12-15H2,1-2H3,(H,26,32)(H2,25,27,28). The number of fused-ring (bicyclic) bond motifs is 1. The quantitative estimate of drug-likeness (QED) is 0.351. The molecule has 0 bridgehead atoms. The molecule has 1 aromatic heterocycles. The van der Waals surface area contributed by atoms with Gasteiger partial charge in [-0.25, -0.2) is 0 Å². The second-order valence-corrected chi connectivity index (χ2v) is 9.02. The minimum absolute atomic E-state index is 0.154. The van der Waals surface area contributed by atoms with Gasteiger partial charge < -0.3 is 25.8 Å². The third kappa shape index (κ3) is 6.11. The van der Waals surface area contributed by atoms with Crippen molar-refractivity contribution in [2.75, 3.05) is 35.6 Å². The predicted octanol–water partition coefficient (Wildman–Crippen LogP) is 2.75. The number of hydrogen-bond donors (Lipinski definition) is 3. The zero-order valence-corrected chi connectivity index (χ0v) is 19.5. The van der Waals surface area contributed by atoms with E-state index in [9.17, 15) is 9.90 Å². The third-order valence-corrected chi connectivity index (χ3v) is 5.99. The Hall–Kier alpha value is -2.91. The van der Waals surface area contributed by atoms with Gasteiger partial charge in [0.1, 0.15) is 11.9 Å². The highest BCUT2D eigenvalue weighted by molar-refractivity contribution is 6.03. The van der Waals surface area contributed by atoms with E-state index in [-0.39, 0.29) is 24.3 Å². The molecule has 1 aliphatic heterocycles. The van der Waals surface area contributed by atoms with Crippen LogP contribution in [-0.2, 0) is 17.9 Å². The van der Waals surface area contributed by atoms with Crippen molar-refractivity contribution in [1.29, 1.82) is 0 Å². The van der Waals surface area contributed by atoms with Gasteiger partial charge in [0.25, 0.3) is 0 Å². The molecule has 33 heavy (non-hydrogen) atoms. The van der Waals surface area contributed by atoms with Crippen LogP contribution < -0.4 is 20.7 Å². The number of unbranched alkanes of at least 4 members (excludes halogenated alkanes) is 1. The van der Waals surface area contributed by atoms with Gasteiger partial charge in [0.15, 0.2) is 11.6 Å². The molecular weight excluding hydrogens is 420 g/mol. The number of aliphatic hydroxyl groups excluding tert-OH is 1. The molecule has 9 nitrogen and oxygen atoms in total. The van der Waals surface area contributed by atoms with Crippen LogP contribution in [0.5, 0.6) is 6.01 Å². The molecule has 2 heterocycles. The van der Waals surface area contributed by atoms with Crippen molar-refractivity contribution < 1.29 is 14.6 Å². The van der Waals surface area contributed by atoms with E-state index in [1.807, 2.05) is 24.0 Å². The number of aliphatic hydroxyl groups is 1. The van der Waals surface area contributed by atoms with Crippen LogP contribution in [-0.4, -0.2) is 51.8 Å². The lowest BCUT2D eigenvalue weighted by Crippen LogP contribution is -2.39. The van der Waals surface area contributed by atoms with Crippen molar-refractivity contribution in [2.45, 2.75) is 58.8 Å². The molecule has 1 amide bonds. The highest BCUT2D eigenvalue weighted by Crippen LogP contribution is 2.34. The Morgan fingerprint density at radius 2 is 2.12 bits per heavy atom. The fraction of sp³-hybridized carbons (Fsp3) is 0.542. The largest absolute Gasteiger partial charge is 0.463 e. The van der Waals surface area contributed by atoms with Gasteiger partial charge in [-0.15, -0.1) is 0 Å². The minimum Gasteiger partial charge on any atom is -0.463 e. The monoisotopic (exact) mass is 454 g/mol. The highest BCUT2D eigenvalue weighted by atomic mass is 16.5. The predicted molar refractivity (Wildman–Crippen MR) is 128 cm³/mol. The van der Waals surface area contributed by atoms with E-state index in [0.717, 1.165) is 30.5 Å². The fourth-order valence-electron chi connectivity index (χ4n) is 3.99. The number of anilines is 3. The van der Waals surface area contributed by atoms with E-state index in [2.05, 4.69) is 39.2 Å². The molecular formula is C24H34N6O3. The van der Waals surface area contributed by atoms with E-state index >= 15 is 0 Å². The second-order valence-electron chi connectivity index (χ2n) is 9.02. The van der Waals surface area contributed by atoms with E-state index in [4.69, 9.17) is 10.5 Å². The topological polar surface area (TPSA) is 117 Å². The van der Waals surface area contributed by atoms with Crippen molar-refractivity contribution in [1.82, 2.24) is 14.9 Å². The van der Waals surface area contributed by atoms with E-state index < -0.39 is 6.23 Å². The number of aromatic nitrogens is 2. The first-order valence-corrected chi connectivity index (χ1v) is 11.8. The molecule has 2 aliphatic rings. The van der Waals surface area contributed by atoms with Gasteiger partial charge in [-0.1, -0.05) is 37.6 Å². The molecule has 0 radical (unpaired) electrons. The summed E-state index contributed by atoms with van der Waals surface area (Å²) in [5, 5.41) is 13.0. The zero-order valence-electron chi connectivity index (χ0n) is 19.5. The van der Waals surface area contributed by atoms with Gasteiger partial charge >= 0.3 is 6.01 Å². The van der Waals surface area contributed by atoms with E-state index in [0.29, 0.717) is 37.1 Å². The summed E-state index contributed by atoms with van der Waals surface area (Å²) in [7, 11) is 0. The minimum atomic E-state index is -0.488. The van der Waals surface area contributed by atoms with Crippen molar-refractivity contribution in [2.24, 2.45) is 5.92 Å². The number of nitrogen functional groups attached to an aromatic ring is 1. The first-order valence-electron chi connectivity index (χ1n) is 11.8. The van der Waals surface area contributed by atoms with Crippen LogP contribution in [0.4, 0.5) is 17.3 Å². The average molecular weight is 455 g/mol. The van der Waals surface area contributed by atoms with Crippen LogP contribution in [0, 0.1) is 5.92 Å². The molecule has 1 aliphatic carbocycles. The number of nitrogens with two attached hydrogens (primary N) is 1. The normalized spacial score (nSPS) is 16.5. The lowest BCUT2D eigenvalue weighted by atomic mass is 10.1. The molecule has 1 fully saturated rings. The fourth-order valence-corrected chi connectivity index (χ4v) is 3.99. The van der Waals surface area contributed by atoms with Gasteiger partial charge in [0.05, 0.1) is 13.2 Å². The van der Waals surface area contributed by atoms with E-state index in [1.54, 1.807) is 0 Å². The maximum absolute atomic E-state index is 12.3. The van der Waals surface area contributed by atoms with Crippen molar-refractivity contribution in [3.05, 3.63) is 35.4 Å². The molecule has 1 saturated carbocycles. The lowest BCUT2D eigenvalue weighted by molar-refractivity contribution is -0.115. The molecule has 1 atom stereocenters. The molecule has 0 spiro atoms. The van der Waals surface area contributed by atoms with Crippen LogP contribution in [0.1, 0.15) is 50.7 Å². The molecule has 1 aromatic carbocycles. The third-order valence-electron chi connectivity index (χ3n) is 5.99. The number of benzene rings is 1. The van der Waals surface area contributed by atoms with Gasteiger partial charge in [0.2, 0.25) is 5.91 Å². The Balaban J connectivity index is 1.52. The average Bonchev–Trinajstić information content (AvgIpc) is 3.59. The molecule has 4 rings (SSSR count). The molecule has 2 aromatic rings. The van der Waals surface area contributed by atoms with Crippen molar-refractivity contribution in [3.63, 3.8) is 0 Å². The number of nitrogens with zero attached hydrogens (tertiary/aromatic N) is 4. The Morgan fingerprint density at radius 1 is 1.33 bits per heavy atom. The number of hydrogen-bond acceptors (Lipinski definition) is 8. The number of amides is 1. The molecule has 1 unspecified atom stereocenters. The summed E-state index contributed by atoms with van der Waals surface area (Å²) in [6.07, 6.45) is 3.91.